The number of rotatable bonds is 6. The molecule has 2 rings (SSSR count). The van der Waals surface area contributed by atoms with Crippen LogP contribution in [0.2, 0.25) is 0 Å². The van der Waals surface area contributed by atoms with Crippen LogP contribution in [0, 0.1) is 17.3 Å². The normalized spacial score (nSPS) is 24.3. The molecular weight excluding hydrogens is 288 g/mol. The number of carbonyl (C=O) groups is 2. The molecule has 0 aromatic carbocycles. The van der Waals surface area contributed by atoms with Crippen LogP contribution in [0.5, 0.6) is 0 Å². The molecule has 2 aliphatic rings. The highest BCUT2D eigenvalue weighted by Crippen LogP contribution is 2.20. The van der Waals surface area contributed by atoms with E-state index < -0.39 is 0 Å². The van der Waals surface area contributed by atoms with Crippen LogP contribution >= 0.6 is 0 Å². The molecule has 2 aliphatic carbocycles. The maximum atomic E-state index is 12.2. The fourth-order valence-corrected chi connectivity index (χ4v) is 3.07. The smallest absolute Gasteiger partial charge is 0.223 e. The van der Waals surface area contributed by atoms with Gasteiger partial charge in [-0.3, -0.25) is 9.59 Å². The lowest BCUT2D eigenvalue weighted by Gasteiger charge is -2.28. The quantitative estimate of drug-likeness (QED) is 0.740. The molecule has 0 spiro atoms. The first-order valence-electron chi connectivity index (χ1n) is 8.83. The molecule has 0 unspecified atom stereocenters. The minimum atomic E-state index is -0.139. The summed E-state index contributed by atoms with van der Waals surface area (Å²) in [6.45, 7) is 5.35. The number of hydrogen-bond donors (Lipinski definition) is 2. The average molecular weight is 318 g/mol. The summed E-state index contributed by atoms with van der Waals surface area (Å²) in [4.78, 5) is 24.4. The van der Waals surface area contributed by atoms with E-state index in [1.54, 1.807) is 0 Å². The number of allylic oxidation sites excluding steroid dienone is 4. The van der Waals surface area contributed by atoms with E-state index >= 15 is 0 Å². The maximum absolute atomic E-state index is 12.2. The van der Waals surface area contributed by atoms with Gasteiger partial charge < -0.3 is 10.6 Å². The SMILES string of the molecule is CC(C)(CNC(=O)[C@@H]1CC=CCC1)CNC(=O)[C@@H]1CC=CCC1. The molecular formula is C19H30N2O2. The lowest BCUT2D eigenvalue weighted by molar-refractivity contribution is -0.125. The molecule has 0 fully saturated rings. The summed E-state index contributed by atoms with van der Waals surface area (Å²) in [5, 5.41) is 6.12. The van der Waals surface area contributed by atoms with E-state index in [-0.39, 0.29) is 29.1 Å². The summed E-state index contributed by atoms with van der Waals surface area (Å²) in [5.74, 6) is 0.510. The molecule has 2 atom stereocenters. The Hall–Kier alpha value is -1.58. The lowest BCUT2D eigenvalue weighted by atomic mass is 9.90. The van der Waals surface area contributed by atoms with Crippen LogP contribution in [0.15, 0.2) is 24.3 Å². The molecule has 4 heteroatoms. The first kappa shape index (κ1) is 17.8. The van der Waals surface area contributed by atoms with Gasteiger partial charge in [-0.15, -0.1) is 0 Å². The van der Waals surface area contributed by atoms with Gasteiger partial charge in [-0.1, -0.05) is 38.2 Å². The standard InChI is InChI=1S/C19H30N2O2/c1-19(2,13-20-17(22)15-9-5-3-6-10-15)14-21-18(23)16-11-7-4-8-12-16/h3-5,7,15-16H,6,8-14H2,1-2H3,(H,20,22)(H,21,23)/t15-,16-/m1/s1. The zero-order chi connectivity index (χ0) is 16.7. The zero-order valence-electron chi connectivity index (χ0n) is 14.4. The second-order valence-corrected chi connectivity index (χ2v) is 7.56. The van der Waals surface area contributed by atoms with Gasteiger partial charge in [0.2, 0.25) is 11.8 Å². The van der Waals surface area contributed by atoms with E-state index in [2.05, 4.69) is 48.8 Å². The number of carbonyl (C=O) groups excluding carboxylic acids is 2. The van der Waals surface area contributed by atoms with E-state index in [0.29, 0.717) is 13.1 Å². The molecule has 23 heavy (non-hydrogen) atoms. The van der Waals surface area contributed by atoms with Gasteiger partial charge in [-0.05, 0) is 43.9 Å². The van der Waals surface area contributed by atoms with Crippen LogP contribution in [0.3, 0.4) is 0 Å². The molecule has 0 heterocycles. The van der Waals surface area contributed by atoms with Crippen molar-refractivity contribution in [3.63, 3.8) is 0 Å². The van der Waals surface area contributed by atoms with Crippen molar-refractivity contribution in [1.29, 1.82) is 0 Å². The fourth-order valence-electron chi connectivity index (χ4n) is 3.07. The third-order valence-corrected chi connectivity index (χ3v) is 4.76. The topological polar surface area (TPSA) is 58.2 Å². The first-order valence-corrected chi connectivity index (χ1v) is 8.83. The van der Waals surface area contributed by atoms with Gasteiger partial charge in [-0.25, -0.2) is 0 Å². The van der Waals surface area contributed by atoms with Gasteiger partial charge in [0.1, 0.15) is 0 Å². The predicted molar refractivity (Wildman–Crippen MR) is 92.8 cm³/mol. The molecule has 2 N–H and O–H groups in total. The third-order valence-electron chi connectivity index (χ3n) is 4.76. The van der Waals surface area contributed by atoms with Gasteiger partial charge in [0.05, 0.1) is 0 Å². The van der Waals surface area contributed by atoms with Gasteiger partial charge in [0.25, 0.3) is 0 Å². The van der Waals surface area contributed by atoms with E-state index in [9.17, 15) is 9.59 Å². The second kappa shape index (κ2) is 8.32. The number of amides is 2. The molecule has 0 bridgehead atoms. The minimum Gasteiger partial charge on any atom is -0.355 e. The molecule has 4 nitrogen and oxygen atoms in total. The van der Waals surface area contributed by atoms with E-state index in [1.807, 2.05) is 0 Å². The number of nitrogens with one attached hydrogen (secondary N) is 2. The zero-order valence-corrected chi connectivity index (χ0v) is 14.4. The summed E-state index contributed by atoms with van der Waals surface area (Å²) in [6.07, 6.45) is 14.0. The molecule has 0 saturated heterocycles. The van der Waals surface area contributed by atoms with Crippen molar-refractivity contribution in [2.75, 3.05) is 13.1 Å². The van der Waals surface area contributed by atoms with Crippen LogP contribution in [-0.2, 0) is 9.59 Å². The van der Waals surface area contributed by atoms with Gasteiger partial charge in [-0.2, -0.15) is 0 Å². The molecule has 0 aromatic rings. The highest BCUT2D eigenvalue weighted by Gasteiger charge is 2.25. The highest BCUT2D eigenvalue weighted by atomic mass is 16.2. The van der Waals surface area contributed by atoms with E-state index in [0.717, 1.165) is 38.5 Å². The monoisotopic (exact) mass is 318 g/mol. The molecule has 0 aromatic heterocycles. The van der Waals surface area contributed by atoms with Crippen molar-refractivity contribution in [1.82, 2.24) is 10.6 Å². The van der Waals surface area contributed by atoms with Gasteiger partial charge in [0.15, 0.2) is 0 Å². The Kier molecular flexibility index (Phi) is 6.43. The van der Waals surface area contributed by atoms with Crippen molar-refractivity contribution >= 4 is 11.8 Å². The molecule has 0 aliphatic heterocycles. The van der Waals surface area contributed by atoms with Crippen LogP contribution in [0.4, 0.5) is 0 Å². The Morgan fingerprint density at radius 2 is 1.30 bits per heavy atom. The number of hydrogen-bond acceptors (Lipinski definition) is 2. The highest BCUT2D eigenvalue weighted by molar-refractivity contribution is 5.79. The minimum absolute atomic E-state index is 0.111. The molecule has 2 amide bonds. The predicted octanol–water partition coefficient (Wildman–Crippen LogP) is 2.96. The van der Waals surface area contributed by atoms with Crippen LogP contribution in [-0.4, -0.2) is 24.9 Å². The van der Waals surface area contributed by atoms with Crippen molar-refractivity contribution in [3.05, 3.63) is 24.3 Å². The lowest BCUT2D eigenvalue weighted by Crippen LogP contribution is -2.44. The largest absolute Gasteiger partial charge is 0.355 e. The van der Waals surface area contributed by atoms with Crippen molar-refractivity contribution in [2.24, 2.45) is 17.3 Å². The Labute approximate surface area is 139 Å². The third kappa shape index (κ3) is 5.85. The Bertz CT molecular complexity index is 438. The van der Waals surface area contributed by atoms with Crippen molar-refractivity contribution in [3.8, 4) is 0 Å². The Morgan fingerprint density at radius 1 is 0.870 bits per heavy atom. The Balaban J connectivity index is 1.70. The van der Waals surface area contributed by atoms with Crippen molar-refractivity contribution in [2.45, 2.75) is 52.4 Å². The fraction of sp³-hybridized carbons (Fsp3) is 0.684. The summed E-state index contributed by atoms with van der Waals surface area (Å²) in [7, 11) is 0. The van der Waals surface area contributed by atoms with Crippen LogP contribution in [0.1, 0.15) is 52.4 Å². The summed E-state index contributed by atoms with van der Waals surface area (Å²) in [5.41, 5.74) is -0.139. The van der Waals surface area contributed by atoms with E-state index in [1.165, 1.54) is 0 Å². The molecule has 0 radical (unpaired) electrons. The Morgan fingerprint density at radius 3 is 1.65 bits per heavy atom. The molecule has 0 saturated carbocycles. The molecule has 128 valence electrons. The van der Waals surface area contributed by atoms with E-state index in [4.69, 9.17) is 0 Å². The first-order chi connectivity index (χ1) is 11.0. The van der Waals surface area contributed by atoms with Crippen molar-refractivity contribution < 1.29 is 9.59 Å². The summed E-state index contributed by atoms with van der Waals surface area (Å²) in [6, 6.07) is 0. The summed E-state index contributed by atoms with van der Waals surface area (Å²) >= 11 is 0. The maximum Gasteiger partial charge on any atom is 0.223 e. The summed E-state index contributed by atoms with van der Waals surface area (Å²) < 4.78 is 0. The van der Waals surface area contributed by atoms with Crippen LogP contribution < -0.4 is 10.6 Å². The average Bonchev–Trinajstić information content (AvgIpc) is 2.59. The van der Waals surface area contributed by atoms with Gasteiger partial charge in [0, 0.05) is 24.9 Å². The second-order valence-electron chi connectivity index (χ2n) is 7.56. The van der Waals surface area contributed by atoms with Crippen LogP contribution in [0.25, 0.3) is 0 Å². The van der Waals surface area contributed by atoms with Gasteiger partial charge >= 0.3 is 0 Å².